The molecular weight excluding hydrogens is 340 g/mol. The molecule has 2 aromatic carbocycles. The number of esters is 1. The number of hydrogen-bond donors (Lipinski definition) is 2. The number of nitrogens with one attached hydrogen (secondary N) is 1. The predicted molar refractivity (Wildman–Crippen MR) is 106 cm³/mol. The fourth-order valence-corrected chi connectivity index (χ4v) is 3.28. The number of benzene rings is 2. The first-order valence-electron chi connectivity index (χ1n) is 9.10. The molecule has 0 radical (unpaired) electrons. The molecule has 1 aliphatic rings. The first-order valence-corrected chi connectivity index (χ1v) is 9.10. The Bertz CT molecular complexity index is 859. The molecular formula is C22H24N2O3. The Kier molecular flexibility index (Phi) is 5.91. The third-order valence-electron chi connectivity index (χ3n) is 4.66. The van der Waals surface area contributed by atoms with Crippen LogP contribution in [-0.4, -0.2) is 18.3 Å². The summed E-state index contributed by atoms with van der Waals surface area (Å²) < 4.78 is 10.8. The van der Waals surface area contributed by atoms with Crippen molar-refractivity contribution < 1.29 is 14.3 Å². The van der Waals surface area contributed by atoms with Gasteiger partial charge in [-0.2, -0.15) is 0 Å². The summed E-state index contributed by atoms with van der Waals surface area (Å²) in [5.41, 5.74) is 9.91. The van der Waals surface area contributed by atoms with Gasteiger partial charge in [0.1, 0.15) is 12.4 Å². The number of allylic oxidation sites excluding steroid dienone is 1. The molecule has 5 heteroatoms. The summed E-state index contributed by atoms with van der Waals surface area (Å²) in [7, 11) is 0. The summed E-state index contributed by atoms with van der Waals surface area (Å²) in [5, 5.41) is 8.46. The van der Waals surface area contributed by atoms with Crippen molar-refractivity contribution in [3.05, 3.63) is 71.3 Å². The van der Waals surface area contributed by atoms with E-state index in [-0.39, 0.29) is 5.92 Å². The van der Waals surface area contributed by atoms with E-state index in [0.29, 0.717) is 36.6 Å². The molecule has 5 nitrogen and oxygen atoms in total. The molecule has 27 heavy (non-hydrogen) atoms. The third-order valence-corrected chi connectivity index (χ3v) is 4.66. The summed E-state index contributed by atoms with van der Waals surface area (Å²) >= 11 is 0. The SMILES string of the molecule is CCOC(=O)C=C1CCC(c2cc(OCc3ccccc3)ccc2N)C1=N. The minimum absolute atomic E-state index is 0.133. The van der Waals surface area contributed by atoms with Crippen LogP contribution < -0.4 is 10.5 Å². The molecule has 0 heterocycles. The molecule has 1 fully saturated rings. The smallest absolute Gasteiger partial charge is 0.331 e. The van der Waals surface area contributed by atoms with Crippen molar-refractivity contribution >= 4 is 17.4 Å². The number of rotatable bonds is 6. The highest BCUT2D eigenvalue weighted by atomic mass is 16.5. The van der Waals surface area contributed by atoms with Crippen LogP contribution in [0.4, 0.5) is 5.69 Å². The van der Waals surface area contributed by atoms with Gasteiger partial charge in [0.2, 0.25) is 0 Å². The van der Waals surface area contributed by atoms with Gasteiger partial charge in [-0.1, -0.05) is 30.3 Å². The van der Waals surface area contributed by atoms with Crippen molar-refractivity contribution in [2.45, 2.75) is 32.3 Å². The van der Waals surface area contributed by atoms with Crippen LogP contribution in [0, 0.1) is 5.41 Å². The van der Waals surface area contributed by atoms with Gasteiger partial charge in [-0.15, -0.1) is 0 Å². The lowest BCUT2D eigenvalue weighted by Gasteiger charge is -2.15. The van der Waals surface area contributed by atoms with E-state index in [4.69, 9.17) is 20.6 Å². The van der Waals surface area contributed by atoms with Gasteiger partial charge in [0, 0.05) is 23.4 Å². The normalized spacial score (nSPS) is 17.9. The summed E-state index contributed by atoms with van der Waals surface area (Å²) in [6.07, 6.45) is 2.84. The molecule has 1 unspecified atom stereocenters. The van der Waals surface area contributed by atoms with Crippen LogP contribution in [0.15, 0.2) is 60.2 Å². The molecule has 3 rings (SSSR count). The third kappa shape index (κ3) is 4.56. The molecule has 0 amide bonds. The minimum atomic E-state index is -0.397. The number of nitrogen functional groups attached to an aromatic ring is 1. The summed E-state index contributed by atoms with van der Waals surface area (Å²) in [5.74, 6) is 0.190. The van der Waals surface area contributed by atoms with Crippen molar-refractivity contribution in [1.82, 2.24) is 0 Å². The molecule has 1 saturated carbocycles. The molecule has 3 N–H and O–H groups in total. The zero-order chi connectivity index (χ0) is 19.2. The van der Waals surface area contributed by atoms with E-state index >= 15 is 0 Å². The quantitative estimate of drug-likeness (QED) is 0.456. The van der Waals surface area contributed by atoms with Crippen LogP contribution in [0.5, 0.6) is 5.75 Å². The molecule has 140 valence electrons. The standard InChI is InChI=1S/C22H24N2O3/c1-2-26-21(25)12-16-8-10-18(22(16)24)19-13-17(9-11-20(19)23)27-14-15-6-4-3-5-7-15/h3-7,9,11-13,18,24H,2,8,10,14,23H2,1H3. The molecule has 0 aromatic heterocycles. The molecule has 0 bridgehead atoms. The predicted octanol–water partition coefficient (Wildman–Crippen LogP) is 4.23. The number of carbonyl (C=O) groups excluding carboxylic acids is 1. The maximum Gasteiger partial charge on any atom is 0.331 e. The van der Waals surface area contributed by atoms with Gasteiger partial charge >= 0.3 is 5.97 Å². The van der Waals surface area contributed by atoms with E-state index in [0.717, 1.165) is 23.3 Å². The number of anilines is 1. The van der Waals surface area contributed by atoms with Gasteiger partial charge in [0.15, 0.2) is 0 Å². The molecule has 1 aliphatic carbocycles. The minimum Gasteiger partial charge on any atom is -0.489 e. The van der Waals surface area contributed by atoms with Crippen molar-refractivity contribution in [2.75, 3.05) is 12.3 Å². The fraction of sp³-hybridized carbons (Fsp3) is 0.273. The van der Waals surface area contributed by atoms with Gasteiger partial charge in [-0.25, -0.2) is 4.79 Å². The number of carbonyl (C=O) groups is 1. The fourth-order valence-electron chi connectivity index (χ4n) is 3.28. The Hall–Kier alpha value is -3.08. The van der Waals surface area contributed by atoms with E-state index in [9.17, 15) is 4.79 Å². The zero-order valence-corrected chi connectivity index (χ0v) is 15.4. The maximum atomic E-state index is 11.7. The Morgan fingerprint density at radius 2 is 2.04 bits per heavy atom. The van der Waals surface area contributed by atoms with Crippen molar-refractivity contribution in [3.63, 3.8) is 0 Å². The van der Waals surface area contributed by atoms with Crippen LogP contribution >= 0.6 is 0 Å². The summed E-state index contributed by atoms with van der Waals surface area (Å²) in [4.78, 5) is 11.7. The van der Waals surface area contributed by atoms with Crippen LogP contribution in [0.3, 0.4) is 0 Å². The molecule has 2 aromatic rings. The molecule has 1 atom stereocenters. The Morgan fingerprint density at radius 3 is 2.78 bits per heavy atom. The lowest BCUT2D eigenvalue weighted by molar-refractivity contribution is -0.137. The van der Waals surface area contributed by atoms with Gasteiger partial charge in [0.25, 0.3) is 0 Å². The lowest BCUT2D eigenvalue weighted by Crippen LogP contribution is -2.10. The second-order valence-corrected chi connectivity index (χ2v) is 6.49. The van der Waals surface area contributed by atoms with Gasteiger partial charge in [-0.05, 0) is 54.7 Å². The largest absolute Gasteiger partial charge is 0.489 e. The van der Waals surface area contributed by atoms with E-state index < -0.39 is 5.97 Å². The van der Waals surface area contributed by atoms with E-state index in [1.807, 2.05) is 48.5 Å². The van der Waals surface area contributed by atoms with Gasteiger partial charge in [-0.3, -0.25) is 0 Å². The first kappa shape index (κ1) is 18.7. The number of nitrogens with two attached hydrogens (primary N) is 1. The van der Waals surface area contributed by atoms with Crippen molar-refractivity contribution in [3.8, 4) is 5.75 Å². The monoisotopic (exact) mass is 364 g/mol. The lowest BCUT2D eigenvalue weighted by atomic mass is 9.94. The Labute approximate surface area is 159 Å². The highest BCUT2D eigenvalue weighted by Crippen LogP contribution is 2.39. The highest BCUT2D eigenvalue weighted by Gasteiger charge is 2.29. The van der Waals surface area contributed by atoms with E-state index in [1.54, 1.807) is 6.92 Å². The van der Waals surface area contributed by atoms with E-state index in [1.165, 1.54) is 6.08 Å². The zero-order valence-electron chi connectivity index (χ0n) is 15.4. The van der Waals surface area contributed by atoms with E-state index in [2.05, 4.69) is 0 Å². The molecule has 0 aliphatic heterocycles. The second-order valence-electron chi connectivity index (χ2n) is 6.49. The summed E-state index contributed by atoms with van der Waals surface area (Å²) in [6.45, 7) is 2.56. The highest BCUT2D eigenvalue weighted by molar-refractivity contribution is 6.08. The van der Waals surface area contributed by atoms with Crippen molar-refractivity contribution in [1.29, 1.82) is 5.41 Å². The van der Waals surface area contributed by atoms with Gasteiger partial charge < -0.3 is 20.6 Å². The van der Waals surface area contributed by atoms with Gasteiger partial charge in [0.05, 0.1) is 6.61 Å². The van der Waals surface area contributed by atoms with Crippen molar-refractivity contribution in [2.24, 2.45) is 0 Å². The number of ether oxygens (including phenoxy) is 2. The van der Waals surface area contributed by atoms with Crippen LogP contribution in [0.25, 0.3) is 0 Å². The Morgan fingerprint density at radius 1 is 1.26 bits per heavy atom. The topological polar surface area (TPSA) is 85.4 Å². The summed E-state index contributed by atoms with van der Waals surface area (Å²) in [6, 6.07) is 15.5. The Balaban J connectivity index is 1.74. The maximum absolute atomic E-state index is 11.7. The molecule has 0 spiro atoms. The first-order chi connectivity index (χ1) is 13.1. The van der Waals surface area contributed by atoms with Crippen LogP contribution in [0.2, 0.25) is 0 Å². The number of hydrogen-bond acceptors (Lipinski definition) is 5. The average Bonchev–Trinajstić information content (AvgIpc) is 3.02. The van der Waals surface area contributed by atoms with Crippen LogP contribution in [0.1, 0.15) is 36.8 Å². The average molecular weight is 364 g/mol. The second kappa shape index (κ2) is 8.54. The van der Waals surface area contributed by atoms with Crippen LogP contribution in [-0.2, 0) is 16.1 Å². The molecule has 0 saturated heterocycles.